The van der Waals surface area contributed by atoms with Gasteiger partial charge in [0.1, 0.15) is 11.5 Å². The lowest BCUT2D eigenvalue weighted by atomic mass is 9.94. The first-order valence-electron chi connectivity index (χ1n) is 11.9. The van der Waals surface area contributed by atoms with Gasteiger partial charge < -0.3 is 19.3 Å². The number of nitrogens with one attached hydrogen (secondary N) is 1. The number of benzene rings is 3. The van der Waals surface area contributed by atoms with Crippen molar-refractivity contribution in [2.24, 2.45) is 0 Å². The lowest BCUT2D eigenvalue weighted by Crippen LogP contribution is -2.45. The molecular formula is C29H28N4O4. The smallest absolute Gasteiger partial charge is 0.322 e. The molecule has 8 nitrogen and oxygen atoms in total. The predicted octanol–water partition coefficient (Wildman–Crippen LogP) is 5.76. The number of urea groups is 1. The monoisotopic (exact) mass is 496 g/mol. The zero-order valence-electron chi connectivity index (χ0n) is 21.2. The van der Waals surface area contributed by atoms with Gasteiger partial charge in [0.05, 0.1) is 32.4 Å². The van der Waals surface area contributed by atoms with E-state index in [9.17, 15) is 4.79 Å². The number of hydrogen-bond donors (Lipinski definition) is 1. The summed E-state index contributed by atoms with van der Waals surface area (Å²) >= 11 is 0. The normalized spacial score (nSPS) is 15.5. The third-order valence-electron chi connectivity index (χ3n) is 6.64. The first-order chi connectivity index (χ1) is 18.0. The number of allylic oxidation sites excluding steroid dienone is 1. The van der Waals surface area contributed by atoms with Gasteiger partial charge in [-0.3, -0.25) is 4.90 Å². The lowest BCUT2D eigenvalue weighted by molar-refractivity contribution is 0.203. The minimum atomic E-state index is -0.476. The van der Waals surface area contributed by atoms with E-state index in [1.54, 1.807) is 19.1 Å². The van der Waals surface area contributed by atoms with Gasteiger partial charge >= 0.3 is 6.03 Å². The van der Waals surface area contributed by atoms with Gasteiger partial charge in [0.15, 0.2) is 0 Å². The molecule has 3 aromatic carbocycles. The highest BCUT2D eigenvalue weighted by atomic mass is 16.5. The summed E-state index contributed by atoms with van der Waals surface area (Å²) in [5.41, 5.74) is 5.34. The van der Waals surface area contributed by atoms with Crippen molar-refractivity contribution in [1.82, 2.24) is 20.4 Å². The molecule has 1 atom stereocenters. The third-order valence-corrected chi connectivity index (χ3v) is 6.64. The van der Waals surface area contributed by atoms with Gasteiger partial charge in [-0.15, -0.1) is 0 Å². The highest BCUT2D eigenvalue weighted by molar-refractivity contribution is 5.87. The minimum Gasteiger partial charge on any atom is -0.497 e. The first kappa shape index (κ1) is 24.1. The van der Waals surface area contributed by atoms with Crippen LogP contribution in [0.2, 0.25) is 0 Å². The lowest BCUT2D eigenvalue weighted by Gasteiger charge is -2.35. The maximum atomic E-state index is 13.4. The quantitative estimate of drug-likeness (QED) is 0.350. The van der Waals surface area contributed by atoms with Gasteiger partial charge in [-0.1, -0.05) is 41.6 Å². The fraction of sp³-hybridized carbons (Fsp3) is 0.207. The molecule has 1 aliphatic rings. The Balaban J connectivity index is 1.58. The fourth-order valence-electron chi connectivity index (χ4n) is 4.44. The van der Waals surface area contributed by atoms with Gasteiger partial charge in [0, 0.05) is 11.3 Å². The van der Waals surface area contributed by atoms with E-state index >= 15 is 0 Å². The van der Waals surface area contributed by atoms with Crippen molar-refractivity contribution in [1.29, 1.82) is 0 Å². The Morgan fingerprint density at radius 3 is 2.22 bits per heavy atom. The van der Waals surface area contributed by atoms with Gasteiger partial charge in [-0.2, -0.15) is 4.98 Å². The molecule has 0 saturated heterocycles. The van der Waals surface area contributed by atoms with Crippen molar-refractivity contribution in [3.05, 3.63) is 101 Å². The molecule has 0 fully saturated rings. The summed E-state index contributed by atoms with van der Waals surface area (Å²) in [7, 11) is 3.24. The Kier molecular flexibility index (Phi) is 6.64. The van der Waals surface area contributed by atoms with Crippen LogP contribution in [0, 0.1) is 6.92 Å². The van der Waals surface area contributed by atoms with Crippen LogP contribution in [-0.4, -0.2) is 35.3 Å². The maximum Gasteiger partial charge on any atom is 0.322 e. The summed E-state index contributed by atoms with van der Waals surface area (Å²) in [5, 5.41) is 7.38. The van der Waals surface area contributed by atoms with Crippen molar-refractivity contribution in [2.75, 3.05) is 14.2 Å². The molecule has 4 aromatic rings. The molecule has 1 aliphatic heterocycles. The van der Waals surface area contributed by atoms with E-state index in [1.807, 2.05) is 86.6 Å². The van der Waals surface area contributed by atoms with Crippen LogP contribution >= 0.6 is 0 Å². The second-order valence-electron chi connectivity index (χ2n) is 8.82. The number of amides is 2. The van der Waals surface area contributed by atoms with Crippen LogP contribution in [0.5, 0.6) is 11.5 Å². The number of hydrogen-bond acceptors (Lipinski definition) is 6. The summed E-state index contributed by atoms with van der Waals surface area (Å²) in [6.45, 7) is 4.37. The maximum absolute atomic E-state index is 13.4. The van der Waals surface area contributed by atoms with Crippen LogP contribution in [0.15, 0.2) is 83.0 Å². The summed E-state index contributed by atoms with van der Waals surface area (Å²) in [6.07, 6.45) is 0. The summed E-state index contributed by atoms with van der Waals surface area (Å²) in [4.78, 5) is 19.8. The molecule has 37 heavy (non-hydrogen) atoms. The standard InChI is InChI=1S/C29H28N4O4/c1-18-7-5-6-8-22(18)17-33-19(2)25(26(30-29(33)34)20-9-13-23(35-3)14-10-20)28-31-27(32-37-28)21-11-15-24(36-4)16-12-21/h5-16,26H,17H2,1-4H3,(H,30,34). The topological polar surface area (TPSA) is 89.7 Å². The van der Waals surface area contributed by atoms with Crippen molar-refractivity contribution < 1.29 is 18.8 Å². The number of ether oxygens (including phenoxy) is 2. The SMILES string of the molecule is COc1ccc(-c2noc(C3=C(C)N(Cc4ccccc4C)C(=O)NC3c3ccc(OC)cc3)n2)cc1. The Hall–Kier alpha value is -4.59. The van der Waals surface area contributed by atoms with E-state index in [0.29, 0.717) is 18.3 Å². The number of carbonyl (C=O) groups is 1. The molecule has 1 aromatic heterocycles. The second-order valence-corrected chi connectivity index (χ2v) is 8.82. The van der Waals surface area contributed by atoms with E-state index in [-0.39, 0.29) is 6.03 Å². The number of methoxy groups -OCH3 is 2. The Morgan fingerprint density at radius 1 is 0.919 bits per heavy atom. The molecule has 0 spiro atoms. The minimum absolute atomic E-state index is 0.194. The van der Waals surface area contributed by atoms with Crippen molar-refractivity contribution >= 4 is 11.6 Å². The Bertz CT molecular complexity index is 1440. The summed E-state index contributed by atoms with van der Waals surface area (Å²) < 4.78 is 16.4. The highest BCUT2D eigenvalue weighted by Crippen LogP contribution is 2.38. The van der Waals surface area contributed by atoms with E-state index < -0.39 is 6.04 Å². The molecule has 188 valence electrons. The fourth-order valence-corrected chi connectivity index (χ4v) is 4.44. The molecule has 2 heterocycles. The molecule has 0 bridgehead atoms. The van der Waals surface area contributed by atoms with E-state index in [4.69, 9.17) is 19.0 Å². The average molecular weight is 497 g/mol. The number of nitrogens with zero attached hydrogens (tertiary/aromatic N) is 3. The molecule has 1 unspecified atom stereocenters. The van der Waals surface area contributed by atoms with Gasteiger partial charge in [-0.05, 0) is 66.9 Å². The summed E-state index contributed by atoms with van der Waals surface area (Å²) in [5.74, 6) is 2.27. The van der Waals surface area contributed by atoms with Crippen LogP contribution in [-0.2, 0) is 6.54 Å². The Morgan fingerprint density at radius 2 is 1.57 bits per heavy atom. The molecule has 2 amide bonds. The molecule has 0 aliphatic carbocycles. The number of aryl methyl sites for hydroxylation is 1. The predicted molar refractivity (Wildman–Crippen MR) is 140 cm³/mol. The van der Waals surface area contributed by atoms with E-state index in [2.05, 4.69) is 10.5 Å². The Labute approximate surface area is 215 Å². The number of rotatable bonds is 7. The zero-order chi connectivity index (χ0) is 25.9. The van der Waals surface area contributed by atoms with Crippen LogP contribution < -0.4 is 14.8 Å². The van der Waals surface area contributed by atoms with Gasteiger partial charge in [0.25, 0.3) is 5.89 Å². The zero-order valence-corrected chi connectivity index (χ0v) is 21.2. The molecule has 0 radical (unpaired) electrons. The van der Waals surface area contributed by atoms with Crippen LogP contribution in [0.4, 0.5) is 4.79 Å². The molecule has 8 heteroatoms. The molecule has 0 saturated carbocycles. The summed E-state index contributed by atoms with van der Waals surface area (Å²) in [6, 6.07) is 22.4. The number of aromatic nitrogens is 2. The highest BCUT2D eigenvalue weighted by Gasteiger charge is 2.36. The van der Waals surface area contributed by atoms with Crippen molar-refractivity contribution in [2.45, 2.75) is 26.4 Å². The van der Waals surface area contributed by atoms with Crippen molar-refractivity contribution in [3.63, 3.8) is 0 Å². The van der Waals surface area contributed by atoms with Crippen LogP contribution in [0.25, 0.3) is 17.0 Å². The van der Waals surface area contributed by atoms with Crippen LogP contribution in [0.3, 0.4) is 0 Å². The van der Waals surface area contributed by atoms with Gasteiger partial charge in [0.2, 0.25) is 5.82 Å². The molecule has 1 N–H and O–H groups in total. The molecule has 5 rings (SSSR count). The average Bonchev–Trinajstić information content (AvgIpc) is 3.41. The first-order valence-corrected chi connectivity index (χ1v) is 11.9. The van der Waals surface area contributed by atoms with E-state index in [1.165, 1.54) is 0 Å². The van der Waals surface area contributed by atoms with E-state index in [0.717, 1.165) is 45.0 Å². The van der Waals surface area contributed by atoms with Crippen molar-refractivity contribution in [3.8, 4) is 22.9 Å². The second kappa shape index (κ2) is 10.2. The van der Waals surface area contributed by atoms with Crippen LogP contribution in [0.1, 0.15) is 35.5 Å². The molecular weight excluding hydrogens is 468 g/mol. The largest absolute Gasteiger partial charge is 0.497 e. The number of carbonyl (C=O) groups excluding carboxylic acids is 1. The third kappa shape index (κ3) is 4.78. The van der Waals surface area contributed by atoms with Gasteiger partial charge in [-0.25, -0.2) is 4.79 Å².